The summed E-state index contributed by atoms with van der Waals surface area (Å²) in [7, 11) is -3.68. The summed E-state index contributed by atoms with van der Waals surface area (Å²) in [5, 5.41) is 2.12. The average molecular weight is 399 g/mol. The number of hydrogen-bond donors (Lipinski definition) is 1. The minimum Gasteiger partial charge on any atom is -0.339 e. The molecular formula is C17H19ClN2O3S2. The van der Waals surface area contributed by atoms with Crippen LogP contribution in [0, 0.1) is 0 Å². The molecule has 1 amide bonds. The van der Waals surface area contributed by atoms with Crippen LogP contribution in [0.1, 0.15) is 35.2 Å². The molecule has 1 aliphatic heterocycles. The molecule has 2 heterocycles. The van der Waals surface area contributed by atoms with E-state index in [2.05, 4.69) is 4.72 Å². The SMILES string of the molecule is O=C(c1csc(S(=O)(=O)NCc2ccccc2Cl)c1)N1CCCCC1. The van der Waals surface area contributed by atoms with Gasteiger partial charge in [-0.05, 0) is 37.0 Å². The van der Waals surface area contributed by atoms with Crippen molar-refractivity contribution in [1.82, 2.24) is 9.62 Å². The molecular weight excluding hydrogens is 380 g/mol. The van der Waals surface area contributed by atoms with E-state index in [1.807, 2.05) is 0 Å². The number of halogens is 1. The summed E-state index contributed by atoms with van der Waals surface area (Å²) in [5.74, 6) is -0.0940. The Hall–Kier alpha value is -1.41. The van der Waals surface area contributed by atoms with E-state index >= 15 is 0 Å². The molecule has 1 aromatic heterocycles. The van der Waals surface area contributed by atoms with Crippen LogP contribution < -0.4 is 4.72 Å². The maximum Gasteiger partial charge on any atom is 0.254 e. The summed E-state index contributed by atoms with van der Waals surface area (Å²) in [6.45, 7) is 1.58. The van der Waals surface area contributed by atoms with Gasteiger partial charge in [-0.25, -0.2) is 13.1 Å². The minimum atomic E-state index is -3.68. The molecule has 0 bridgehead atoms. The van der Waals surface area contributed by atoms with Gasteiger partial charge < -0.3 is 4.90 Å². The molecule has 0 aliphatic carbocycles. The Kier molecular flexibility index (Phi) is 5.78. The van der Waals surface area contributed by atoms with Crippen molar-refractivity contribution in [1.29, 1.82) is 0 Å². The van der Waals surface area contributed by atoms with E-state index in [4.69, 9.17) is 11.6 Å². The number of nitrogens with one attached hydrogen (secondary N) is 1. The van der Waals surface area contributed by atoms with Gasteiger partial charge in [0.05, 0.1) is 5.56 Å². The molecule has 25 heavy (non-hydrogen) atoms. The lowest BCUT2D eigenvalue weighted by molar-refractivity contribution is 0.0725. The second-order valence-electron chi connectivity index (χ2n) is 5.92. The number of amides is 1. The zero-order valence-electron chi connectivity index (χ0n) is 13.6. The molecule has 8 heteroatoms. The molecule has 3 rings (SSSR count). The molecule has 1 saturated heterocycles. The van der Waals surface area contributed by atoms with Crippen molar-refractivity contribution >= 4 is 38.9 Å². The number of likely N-dealkylation sites (tertiary alicyclic amines) is 1. The summed E-state index contributed by atoms with van der Waals surface area (Å²) >= 11 is 7.11. The average Bonchev–Trinajstić information content (AvgIpc) is 3.12. The highest BCUT2D eigenvalue weighted by Gasteiger charge is 2.23. The quantitative estimate of drug-likeness (QED) is 0.838. The van der Waals surface area contributed by atoms with Gasteiger partial charge in [0.1, 0.15) is 4.21 Å². The summed E-state index contributed by atoms with van der Waals surface area (Å²) in [4.78, 5) is 14.3. The number of rotatable bonds is 5. The van der Waals surface area contributed by atoms with Gasteiger partial charge in [-0.3, -0.25) is 4.79 Å². The summed E-state index contributed by atoms with van der Waals surface area (Å²) in [5.41, 5.74) is 1.14. The van der Waals surface area contributed by atoms with Gasteiger partial charge in [0, 0.05) is 30.0 Å². The van der Waals surface area contributed by atoms with E-state index in [1.165, 1.54) is 6.07 Å². The standard InChI is InChI=1S/C17H19ClN2O3S2/c18-15-7-3-2-6-13(15)11-19-25(22,23)16-10-14(12-24-16)17(21)20-8-4-1-5-9-20/h2-3,6-7,10,12,19H,1,4-5,8-9,11H2. The number of sulfonamides is 1. The van der Waals surface area contributed by atoms with Gasteiger partial charge in [-0.1, -0.05) is 29.8 Å². The summed E-state index contributed by atoms with van der Waals surface area (Å²) in [6, 6.07) is 8.53. The molecule has 1 aliphatic rings. The number of carbonyl (C=O) groups excluding carboxylic acids is 1. The third-order valence-electron chi connectivity index (χ3n) is 4.14. The molecule has 134 valence electrons. The van der Waals surface area contributed by atoms with Crippen LogP contribution in [0.2, 0.25) is 5.02 Å². The first kappa shape index (κ1) is 18.4. The van der Waals surface area contributed by atoms with E-state index in [9.17, 15) is 13.2 Å². The predicted molar refractivity (Wildman–Crippen MR) is 99.6 cm³/mol. The maximum absolute atomic E-state index is 12.5. The van der Waals surface area contributed by atoms with Crippen LogP contribution in [0.15, 0.2) is 39.9 Å². The van der Waals surface area contributed by atoms with Crippen molar-refractivity contribution < 1.29 is 13.2 Å². The van der Waals surface area contributed by atoms with Gasteiger partial charge >= 0.3 is 0 Å². The number of carbonyl (C=O) groups is 1. The Balaban J connectivity index is 1.69. The molecule has 0 unspecified atom stereocenters. The Morgan fingerprint density at radius 3 is 2.64 bits per heavy atom. The first-order chi connectivity index (χ1) is 12.0. The van der Waals surface area contributed by atoms with Crippen LogP contribution in [-0.4, -0.2) is 32.3 Å². The number of benzene rings is 1. The fraction of sp³-hybridized carbons (Fsp3) is 0.353. The zero-order valence-corrected chi connectivity index (χ0v) is 16.0. The molecule has 1 fully saturated rings. The van der Waals surface area contributed by atoms with Crippen LogP contribution >= 0.6 is 22.9 Å². The van der Waals surface area contributed by atoms with E-state index in [0.717, 1.165) is 43.7 Å². The van der Waals surface area contributed by atoms with Crippen molar-refractivity contribution in [3.63, 3.8) is 0 Å². The molecule has 2 aromatic rings. The first-order valence-corrected chi connectivity index (χ1v) is 10.8. The lowest BCUT2D eigenvalue weighted by Gasteiger charge is -2.26. The number of nitrogens with zero attached hydrogens (tertiary/aromatic N) is 1. The predicted octanol–water partition coefficient (Wildman–Crippen LogP) is 3.51. The zero-order chi connectivity index (χ0) is 17.9. The fourth-order valence-corrected chi connectivity index (χ4v) is 5.14. The molecule has 1 aromatic carbocycles. The van der Waals surface area contributed by atoms with Crippen LogP contribution in [0.5, 0.6) is 0 Å². The van der Waals surface area contributed by atoms with Gasteiger partial charge in [-0.2, -0.15) is 0 Å². The fourth-order valence-electron chi connectivity index (χ4n) is 2.73. The van der Waals surface area contributed by atoms with Gasteiger partial charge in [0.2, 0.25) is 10.0 Å². The molecule has 0 spiro atoms. The van der Waals surface area contributed by atoms with Crippen LogP contribution in [-0.2, 0) is 16.6 Å². The van der Waals surface area contributed by atoms with E-state index in [1.54, 1.807) is 34.5 Å². The van der Waals surface area contributed by atoms with Crippen LogP contribution in [0.4, 0.5) is 0 Å². The first-order valence-electron chi connectivity index (χ1n) is 8.08. The lowest BCUT2D eigenvalue weighted by Crippen LogP contribution is -2.35. The summed E-state index contributed by atoms with van der Waals surface area (Å²) in [6.07, 6.45) is 3.14. The third-order valence-corrected chi connectivity index (χ3v) is 7.35. The minimum absolute atomic E-state index is 0.0940. The largest absolute Gasteiger partial charge is 0.339 e. The normalized spacial score (nSPS) is 15.3. The van der Waals surface area contributed by atoms with Crippen molar-refractivity contribution in [3.05, 3.63) is 51.9 Å². The Labute approximate surface area is 156 Å². The van der Waals surface area contributed by atoms with Crippen molar-refractivity contribution in [2.75, 3.05) is 13.1 Å². The Morgan fingerprint density at radius 1 is 1.20 bits per heavy atom. The summed E-state index contributed by atoms with van der Waals surface area (Å²) < 4.78 is 27.6. The molecule has 0 atom stereocenters. The molecule has 5 nitrogen and oxygen atoms in total. The van der Waals surface area contributed by atoms with E-state index in [-0.39, 0.29) is 16.7 Å². The number of thiophene rings is 1. The second-order valence-corrected chi connectivity index (χ2v) is 9.24. The Bertz CT molecular complexity index is 858. The second kappa shape index (κ2) is 7.86. The number of piperidine rings is 1. The molecule has 1 N–H and O–H groups in total. The molecule has 0 radical (unpaired) electrons. The smallest absolute Gasteiger partial charge is 0.254 e. The van der Waals surface area contributed by atoms with Crippen LogP contribution in [0.3, 0.4) is 0 Å². The third kappa shape index (κ3) is 4.41. The highest BCUT2D eigenvalue weighted by Crippen LogP contribution is 2.23. The van der Waals surface area contributed by atoms with Crippen LogP contribution in [0.25, 0.3) is 0 Å². The highest BCUT2D eigenvalue weighted by molar-refractivity contribution is 7.91. The van der Waals surface area contributed by atoms with E-state index in [0.29, 0.717) is 16.1 Å². The van der Waals surface area contributed by atoms with Gasteiger partial charge in [0.15, 0.2) is 0 Å². The van der Waals surface area contributed by atoms with Gasteiger partial charge in [-0.15, -0.1) is 11.3 Å². The maximum atomic E-state index is 12.5. The highest BCUT2D eigenvalue weighted by atomic mass is 35.5. The monoisotopic (exact) mass is 398 g/mol. The lowest BCUT2D eigenvalue weighted by atomic mass is 10.1. The van der Waals surface area contributed by atoms with Crippen molar-refractivity contribution in [2.45, 2.75) is 30.0 Å². The van der Waals surface area contributed by atoms with Crippen molar-refractivity contribution in [3.8, 4) is 0 Å². The topological polar surface area (TPSA) is 66.5 Å². The van der Waals surface area contributed by atoms with Crippen molar-refractivity contribution in [2.24, 2.45) is 0 Å². The van der Waals surface area contributed by atoms with E-state index < -0.39 is 10.0 Å². The Morgan fingerprint density at radius 2 is 1.92 bits per heavy atom. The van der Waals surface area contributed by atoms with Gasteiger partial charge in [0.25, 0.3) is 5.91 Å². The molecule has 0 saturated carbocycles. The number of hydrogen-bond acceptors (Lipinski definition) is 4.